The Morgan fingerprint density at radius 2 is 2.04 bits per heavy atom. The topological polar surface area (TPSA) is 95.1 Å². The largest absolute Gasteiger partial charge is 0.497 e. The molecule has 27 heavy (non-hydrogen) atoms. The first-order valence-corrected chi connectivity index (χ1v) is 10.3. The van der Waals surface area contributed by atoms with E-state index in [0.29, 0.717) is 29.1 Å². The van der Waals surface area contributed by atoms with Gasteiger partial charge in [0.05, 0.1) is 12.9 Å². The van der Waals surface area contributed by atoms with Crippen molar-refractivity contribution < 1.29 is 9.53 Å². The van der Waals surface area contributed by atoms with E-state index in [4.69, 9.17) is 10.6 Å². The zero-order valence-electron chi connectivity index (χ0n) is 15.9. The van der Waals surface area contributed by atoms with E-state index in [0.717, 1.165) is 17.7 Å². The summed E-state index contributed by atoms with van der Waals surface area (Å²) in [6, 6.07) is 8.03. The molecule has 2 aromatic rings. The van der Waals surface area contributed by atoms with E-state index >= 15 is 0 Å². The third-order valence-corrected chi connectivity index (χ3v) is 5.99. The SMILES string of the molecule is COc1ccc(Cc2nnc(SCC(=O)N[C@@H]3CCCC[C@H]3C)n2N)cc1. The molecule has 146 valence electrons. The van der Waals surface area contributed by atoms with Gasteiger partial charge in [0.15, 0.2) is 5.82 Å². The van der Waals surface area contributed by atoms with Gasteiger partial charge in [-0.1, -0.05) is 43.7 Å². The molecule has 0 saturated heterocycles. The Labute approximate surface area is 164 Å². The van der Waals surface area contributed by atoms with Gasteiger partial charge in [-0.3, -0.25) is 4.79 Å². The molecule has 1 amide bonds. The van der Waals surface area contributed by atoms with Gasteiger partial charge in [0.2, 0.25) is 11.1 Å². The Hall–Kier alpha value is -2.22. The van der Waals surface area contributed by atoms with Crippen molar-refractivity contribution >= 4 is 17.7 Å². The molecule has 7 nitrogen and oxygen atoms in total. The van der Waals surface area contributed by atoms with Crippen molar-refractivity contribution in [2.45, 2.75) is 50.2 Å². The Balaban J connectivity index is 1.52. The molecule has 1 saturated carbocycles. The van der Waals surface area contributed by atoms with E-state index in [1.54, 1.807) is 7.11 Å². The van der Waals surface area contributed by atoms with Crippen molar-refractivity contribution in [2.24, 2.45) is 5.92 Å². The molecule has 0 spiro atoms. The molecule has 3 rings (SSSR count). The second kappa shape index (κ2) is 9.12. The third kappa shape index (κ3) is 5.15. The van der Waals surface area contributed by atoms with Gasteiger partial charge >= 0.3 is 0 Å². The van der Waals surface area contributed by atoms with Crippen LogP contribution in [0.15, 0.2) is 29.4 Å². The van der Waals surface area contributed by atoms with E-state index in [9.17, 15) is 4.79 Å². The lowest BCUT2D eigenvalue weighted by molar-refractivity contribution is -0.119. The molecule has 0 radical (unpaired) electrons. The number of hydrogen-bond acceptors (Lipinski definition) is 6. The lowest BCUT2D eigenvalue weighted by atomic mass is 9.86. The molecular weight excluding hydrogens is 362 g/mol. The molecule has 1 fully saturated rings. The second-order valence-corrected chi connectivity index (χ2v) is 7.96. The highest BCUT2D eigenvalue weighted by Gasteiger charge is 2.23. The number of aromatic nitrogens is 3. The van der Waals surface area contributed by atoms with Crippen LogP contribution in [-0.4, -0.2) is 39.7 Å². The van der Waals surface area contributed by atoms with E-state index in [1.807, 2.05) is 24.3 Å². The minimum atomic E-state index is 0.0263. The van der Waals surface area contributed by atoms with Crippen LogP contribution in [0, 0.1) is 5.92 Å². The van der Waals surface area contributed by atoms with Gasteiger partial charge in [-0.15, -0.1) is 10.2 Å². The zero-order valence-corrected chi connectivity index (χ0v) is 16.7. The fourth-order valence-electron chi connectivity index (χ4n) is 3.36. The number of rotatable bonds is 7. The van der Waals surface area contributed by atoms with Crippen LogP contribution in [0.25, 0.3) is 0 Å². The van der Waals surface area contributed by atoms with Gasteiger partial charge in [0.1, 0.15) is 5.75 Å². The first-order valence-electron chi connectivity index (χ1n) is 9.31. The van der Waals surface area contributed by atoms with Gasteiger partial charge in [-0.05, 0) is 36.5 Å². The Bertz CT molecular complexity index is 762. The van der Waals surface area contributed by atoms with Crippen molar-refractivity contribution in [2.75, 3.05) is 18.7 Å². The molecular formula is C19H27N5O2S. The van der Waals surface area contributed by atoms with Gasteiger partial charge in [-0.25, -0.2) is 4.68 Å². The summed E-state index contributed by atoms with van der Waals surface area (Å²) in [7, 11) is 1.64. The number of hydrogen-bond donors (Lipinski definition) is 2. The van der Waals surface area contributed by atoms with E-state index in [1.165, 1.54) is 35.7 Å². The lowest BCUT2D eigenvalue weighted by Crippen LogP contribution is -2.41. The maximum Gasteiger partial charge on any atom is 0.230 e. The van der Waals surface area contributed by atoms with Crippen molar-refractivity contribution in [3.63, 3.8) is 0 Å². The Kier molecular flexibility index (Phi) is 6.60. The van der Waals surface area contributed by atoms with E-state index in [-0.39, 0.29) is 11.9 Å². The number of carbonyl (C=O) groups is 1. The van der Waals surface area contributed by atoms with Crippen LogP contribution in [-0.2, 0) is 11.2 Å². The minimum absolute atomic E-state index is 0.0263. The van der Waals surface area contributed by atoms with Crippen LogP contribution < -0.4 is 15.9 Å². The Morgan fingerprint density at radius 1 is 1.30 bits per heavy atom. The first-order chi connectivity index (χ1) is 13.1. The number of nitrogens with one attached hydrogen (secondary N) is 1. The molecule has 8 heteroatoms. The number of methoxy groups -OCH3 is 1. The number of nitrogens with zero attached hydrogens (tertiary/aromatic N) is 3. The number of nitrogens with two attached hydrogens (primary N) is 1. The third-order valence-electron chi connectivity index (χ3n) is 5.05. The lowest BCUT2D eigenvalue weighted by Gasteiger charge is -2.29. The van der Waals surface area contributed by atoms with Gasteiger partial charge in [0, 0.05) is 12.5 Å². The maximum absolute atomic E-state index is 12.3. The molecule has 1 aromatic carbocycles. The zero-order chi connectivity index (χ0) is 19.2. The summed E-state index contributed by atoms with van der Waals surface area (Å²) in [6.45, 7) is 2.21. The highest BCUT2D eigenvalue weighted by Crippen LogP contribution is 2.24. The second-order valence-electron chi connectivity index (χ2n) is 7.02. The van der Waals surface area contributed by atoms with Gasteiger partial charge < -0.3 is 15.9 Å². The summed E-state index contributed by atoms with van der Waals surface area (Å²) in [6.07, 6.45) is 5.27. The summed E-state index contributed by atoms with van der Waals surface area (Å²) < 4.78 is 6.63. The minimum Gasteiger partial charge on any atom is -0.497 e. The monoisotopic (exact) mass is 389 g/mol. The maximum atomic E-state index is 12.3. The number of amides is 1. The Morgan fingerprint density at radius 3 is 2.74 bits per heavy atom. The standard InChI is InChI=1S/C19H27N5O2S/c1-13-5-3-4-6-16(13)21-18(25)12-27-19-23-22-17(24(19)20)11-14-7-9-15(26-2)10-8-14/h7-10,13,16H,3-6,11-12,20H2,1-2H3,(H,21,25)/t13-,16-/m1/s1. The molecule has 1 aliphatic rings. The van der Waals surface area contributed by atoms with E-state index in [2.05, 4.69) is 22.4 Å². The highest BCUT2D eigenvalue weighted by molar-refractivity contribution is 7.99. The predicted molar refractivity (Wildman–Crippen MR) is 106 cm³/mol. The molecule has 2 atom stereocenters. The number of carbonyl (C=O) groups excluding carboxylic acids is 1. The number of benzene rings is 1. The van der Waals surface area contributed by atoms with Gasteiger partial charge in [0.25, 0.3) is 0 Å². The number of ether oxygens (including phenoxy) is 1. The summed E-state index contributed by atoms with van der Waals surface area (Å²) in [4.78, 5) is 12.3. The van der Waals surface area contributed by atoms with Crippen LogP contribution in [0.5, 0.6) is 5.75 Å². The van der Waals surface area contributed by atoms with Crippen LogP contribution in [0.2, 0.25) is 0 Å². The van der Waals surface area contributed by atoms with Gasteiger partial charge in [-0.2, -0.15) is 0 Å². The summed E-state index contributed by atoms with van der Waals surface area (Å²) in [5.41, 5.74) is 1.07. The molecule has 1 heterocycles. The van der Waals surface area contributed by atoms with Crippen molar-refractivity contribution in [1.29, 1.82) is 0 Å². The molecule has 3 N–H and O–H groups in total. The van der Waals surface area contributed by atoms with E-state index < -0.39 is 0 Å². The summed E-state index contributed by atoms with van der Waals surface area (Å²) in [5.74, 6) is 8.44. The van der Waals surface area contributed by atoms with Crippen molar-refractivity contribution in [3.05, 3.63) is 35.7 Å². The van der Waals surface area contributed by atoms with Crippen molar-refractivity contribution in [1.82, 2.24) is 20.2 Å². The molecule has 1 aromatic heterocycles. The van der Waals surface area contributed by atoms with Crippen LogP contribution in [0.4, 0.5) is 0 Å². The molecule has 0 unspecified atom stereocenters. The van der Waals surface area contributed by atoms with Crippen molar-refractivity contribution in [3.8, 4) is 5.75 Å². The van der Waals surface area contributed by atoms with Crippen LogP contribution in [0.3, 0.4) is 0 Å². The number of nitrogen functional groups attached to an aromatic ring is 1. The highest BCUT2D eigenvalue weighted by atomic mass is 32.2. The average Bonchev–Trinajstić information content (AvgIpc) is 3.02. The predicted octanol–water partition coefficient (Wildman–Crippen LogP) is 2.38. The summed E-state index contributed by atoms with van der Waals surface area (Å²) >= 11 is 1.31. The summed E-state index contributed by atoms with van der Waals surface area (Å²) in [5, 5.41) is 12.0. The smallest absolute Gasteiger partial charge is 0.230 e. The molecule has 1 aliphatic carbocycles. The fourth-order valence-corrected chi connectivity index (χ4v) is 4.05. The average molecular weight is 390 g/mol. The fraction of sp³-hybridized carbons (Fsp3) is 0.526. The quantitative estimate of drug-likeness (QED) is 0.558. The molecule has 0 bridgehead atoms. The normalized spacial score (nSPS) is 19.6. The molecule has 0 aliphatic heterocycles. The first kappa shape index (κ1) is 19.5. The van der Waals surface area contributed by atoms with Crippen LogP contribution in [0.1, 0.15) is 44.0 Å². The number of thioether (sulfide) groups is 1. The van der Waals surface area contributed by atoms with Crippen LogP contribution >= 0.6 is 11.8 Å².